The number of piperazine rings is 1. The van der Waals surface area contributed by atoms with Gasteiger partial charge in [-0.25, -0.2) is 4.68 Å². The molecule has 0 saturated carbocycles. The van der Waals surface area contributed by atoms with Crippen molar-refractivity contribution in [3.05, 3.63) is 36.2 Å². The largest absolute Gasteiger partial charge is 0.376 e. The van der Waals surface area contributed by atoms with E-state index < -0.39 is 0 Å². The van der Waals surface area contributed by atoms with Crippen LogP contribution >= 0.6 is 0 Å². The molecule has 3 heterocycles. The van der Waals surface area contributed by atoms with Crippen molar-refractivity contribution < 1.29 is 9.64 Å². The molecule has 7 heteroatoms. The average Bonchev–Trinajstić information content (AvgIpc) is 3.36. The first-order chi connectivity index (χ1) is 13.2. The molecule has 2 atom stereocenters. The number of tetrazole rings is 1. The number of benzene rings is 1. The molecule has 7 nitrogen and oxygen atoms in total. The molecule has 4 rings (SSSR count). The molecular formula is C20H31N6O+. The smallest absolute Gasteiger partial charge is 0.209 e. The molecule has 2 fully saturated rings. The molecule has 0 radical (unpaired) electrons. The van der Waals surface area contributed by atoms with Crippen LogP contribution in [0.15, 0.2) is 30.3 Å². The quantitative estimate of drug-likeness (QED) is 0.819. The van der Waals surface area contributed by atoms with E-state index in [0.29, 0.717) is 12.0 Å². The van der Waals surface area contributed by atoms with E-state index in [2.05, 4.69) is 64.6 Å². The Balaban J connectivity index is 1.45. The highest BCUT2D eigenvalue weighted by molar-refractivity contribution is 5.46. The normalized spacial score (nSPS) is 22.5. The third-order valence-corrected chi connectivity index (χ3v) is 5.87. The summed E-state index contributed by atoms with van der Waals surface area (Å²) in [7, 11) is 0. The summed E-state index contributed by atoms with van der Waals surface area (Å²) in [6, 6.07) is 11.0. The maximum Gasteiger partial charge on any atom is 0.209 e. The monoisotopic (exact) mass is 371 g/mol. The van der Waals surface area contributed by atoms with Crippen molar-refractivity contribution in [2.24, 2.45) is 5.92 Å². The van der Waals surface area contributed by atoms with Crippen molar-refractivity contribution in [3.63, 3.8) is 0 Å². The zero-order chi connectivity index (χ0) is 18.6. The standard InChI is InChI=1S/C20H30N6O/c1-16(2)19(20-21-22-23-26(20)15-18-9-6-14-27-18)25-12-10-24(11-13-25)17-7-4-3-5-8-17/h3-5,7-8,16,18-19H,6,9-15H2,1-2H3/p+1/t18-,19-/m1/s1. The fraction of sp³-hybridized carbons (Fsp3) is 0.650. The Labute approximate surface area is 161 Å². The number of nitrogens with zero attached hydrogens (tertiary/aromatic N) is 5. The third-order valence-electron chi connectivity index (χ3n) is 5.87. The molecule has 0 amide bonds. The van der Waals surface area contributed by atoms with Gasteiger partial charge in [0.05, 0.1) is 38.8 Å². The van der Waals surface area contributed by atoms with Crippen LogP contribution in [0.4, 0.5) is 5.69 Å². The van der Waals surface area contributed by atoms with Crippen LogP contribution in [0.2, 0.25) is 0 Å². The molecule has 27 heavy (non-hydrogen) atoms. The predicted octanol–water partition coefficient (Wildman–Crippen LogP) is 0.954. The van der Waals surface area contributed by atoms with E-state index in [0.717, 1.165) is 58.0 Å². The number of para-hydroxylation sites is 1. The highest BCUT2D eigenvalue weighted by Crippen LogP contribution is 2.20. The summed E-state index contributed by atoms with van der Waals surface area (Å²) in [6.07, 6.45) is 2.50. The van der Waals surface area contributed by atoms with Gasteiger partial charge in [-0.2, -0.15) is 0 Å². The lowest BCUT2D eigenvalue weighted by Crippen LogP contribution is -3.15. The van der Waals surface area contributed by atoms with Crippen LogP contribution in [0.5, 0.6) is 0 Å². The summed E-state index contributed by atoms with van der Waals surface area (Å²) in [5, 5.41) is 12.7. The first-order valence-corrected chi connectivity index (χ1v) is 10.2. The second kappa shape index (κ2) is 8.35. The van der Waals surface area contributed by atoms with Gasteiger partial charge in [0.2, 0.25) is 5.82 Å². The SMILES string of the molecule is CC(C)[C@H](c1nnnn1C[C@H]1CCCO1)[NH+]1CCN(c2ccccc2)CC1. The van der Waals surface area contributed by atoms with Crippen molar-refractivity contribution in [1.82, 2.24) is 20.2 Å². The van der Waals surface area contributed by atoms with Gasteiger partial charge in [-0.3, -0.25) is 0 Å². The van der Waals surface area contributed by atoms with E-state index in [1.54, 1.807) is 4.90 Å². The molecule has 2 aliphatic rings. The molecule has 0 spiro atoms. The summed E-state index contributed by atoms with van der Waals surface area (Å²) >= 11 is 0. The van der Waals surface area contributed by atoms with E-state index in [1.807, 2.05) is 4.68 Å². The number of anilines is 1. The molecule has 1 aromatic carbocycles. The lowest BCUT2D eigenvalue weighted by atomic mass is 10.0. The number of rotatable bonds is 6. The maximum absolute atomic E-state index is 5.80. The van der Waals surface area contributed by atoms with E-state index in [-0.39, 0.29) is 6.10 Å². The fourth-order valence-electron chi connectivity index (χ4n) is 4.50. The van der Waals surface area contributed by atoms with Crippen LogP contribution in [0.1, 0.15) is 38.6 Å². The third kappa shape index (κ3) is 4.14. The summed E-state index contributed by atoms with van der Waals surface area (Å²) in [4.78, 5) is 4.07. The van der Waals surface area contributed by atoms with Crippen molar-refractivity contribution in [1.29, 1.82) is 0 Å². The lowest BCUT2D eigenvalue weighted by Gasteiger charge is -2.38. The van der Waals surface area contributed by atoms with Gasteiger partial charge in [-0.05, 0) is 35.4 Å². The number of aromatic nitrogens is 4. The second-order valence-corrected chi connectivity index (χ2v) is 8.06. The molecule has 0 unspecified atom stereocenters. The van der Waals surface area contributed by atoms with Crippen LogP contribution in [-0.4, -0.2) is 59.1 Å². The van der Waals surface area contributed by atoms with Crippen molar-refractivity contribution >= 4 is 5.69 Å². The van der Waals surface area contributed by atoms with Gasteiger partial charge >= 0.3 is 0 Å². The number of quaternary nitrogens is 1. The second-order valence-electron chi connectivity index (χ2n) is 8.06. The average molecular weight is 372 g/mol. The van der Waals surface area contributed by atoms with Crippen LogP contribution in [0.25, 0.3) is 0 Å². The van der Waals surface area contributed by atoms with Gasteiger partial charge in [0, 0.05) is 18.2 Å². The zero-order valence-corrected chi connectivity index (χ0v) is 16.4. The molecule has 0 aliphatic carbocycles. The topological polar surface area (TPSA) is 60.5 Å². The molecule has 0 bridgehead atoms. The summed E-state index contributed by atoms with van der Waals surface area (Å²) in [5.74, 6) is 1.50. The fourth-order valence-corrected chi connectivity index (χ4v) is 4.50. The minimum Gasteiger partial charge on any atom is -0.376 e. The molecule has 1 N–H and O–H groups in total. The van der Waals surface area contributed by atoms with E-state index in [4.69, 9.17) is 4.74 Å². The van der Waals surface area contributed by atoms with Crippen LogP contribution in [0.3, 0.4) is 0 Å². The number of ether oxygens (including phenoxy) is 1. The van der Waals surface area contributed by atoms with E-state index in [1.165, 1.54) is 5.69 Å². The van der Waals surface area contributed by atoms with Crippen LogP contribution < -0.4 is 9.80 Å². The van der Waals surface area contributed by atoms with Gasteiger partial charge < -0.3 is 14.5 Å². The number of nitrogens with one attached hydrogen (secondary N) is 1. The summed E-state index contributed by atoms with van der Waals surface area (Å²) in [5.41, 5.74) is 1.32. The zero-order valence-electron chi connectivity index (χ0n) is 16.4. The van der Waals surface area contributed by atoms with Gasteiger partial charge in [0.25, 0.3) is 0 Å². The summed E-state index contributed by atoms with van der Waals surface area (Å²) in [6.45, 7) is 10.5. The Kier molecular flexibility index (Phi) is 5.69. The minimum atomic E-state index is 0.255. The minimum absolute atomic E-state index is 0.255. The Hall–Kier alpha value is -1.99. The van der Waals surface area contributed by atoms with Crippen molar-refractivity contribution in [2.45, 2.75) is 45.4 Å². The van der Waals surface area contributed by atoms with E-state index >= 15 is 0 Å². The highest BCUT2D eigenvalue weighted by Gasteiger charge is 2.35. The van der Waals surface area contributed by atoms with Gasteiger partial charge in [0.1, 0.15) is 0 Å². The molecule has 2 aromatic rings. The maximum atomic E-state index is 5.80. The summed E-state index contributed by atoms with van der Waals surface area (Å²) < 4.78 is 7.80. The Morgan fingerprint density at radius 1 is 1.19 bits per heavy atom. The first-order valence-electron chi connectivity index (χ1n) is 10.2. The lowest BCUT2D eigenvalue weighted by molar-refractivity contribution is -0.937. The predicted molar refractivity (Wildman–Crippen MR) is 104 cm³/mol. The molecular weight excluding hydrogens is 340 g/mol. The van der Waals surface area contributed by atoms with Crippen molar-refractivity contribution in [3.8, 4) is 0 Å². The van der Waals surface area contributed by atoms with Crippen LogP contribution in [0, 0.1) is 5.92 Å². The Bertz CT molecular complexity index is 704. The highest BCUT2D eigenvalue weighted by atomic mass is 16.5. The van der Waals surface area contributed by atoms with Gasteiger partial charge in [0.15, 0.2) is 6.04 Å². The Morgan fingerprint density at radius 2 is 1.96 bits per heavy atom. The Morgan fingerprint density at radius 3 is 2.63 bits per heavy atom. The number of hydrogen-bond acceptors (Lipinski definition) is 5. The van der Waals surface area contributed by atoms with E-state index in [9.17, 15) is 0 Å². The number of hydrogen-bond donors (Lipinski definition) is 1. The van der Waals surface area contributed by atoms with Crippen molar-refractivity contribution in [2.75, 3.05) is 37.7 Å². The molecule has 2 aliphatic heterocycles. The molecule has 146 valence electrons. The van der Waals surface area contributed by atoms with Gasteiger partial charge in [-0.1, -0.05) is 32.0 Å². The van der Waals surface area contributed by atoms with Gasteiger partial charge in [-0.15, -0.1) is 5.10 Å². The molecule has 2 saturated heterocycles. The molecule has 1 aromatic heterocycles. The first kappa shape index (κ1) is 18.4. The van der Waals surface area contributed by atoms with Crippen LogP contribution in [-0.2, 0) is 11.3 Å².